The molecule has 0 saturated carbocycles. The summed E-state index contributed by atoms with van der Waals surface area (Å²) in [6.45, 7) is 0.405. The number of nitrogens with zero attached hydrogens (tertiary/aromatic N) is 3. The molecule has 1 aromatic heterocycles. The Balaban J connectivity index is 1.86. The second-order valence-corrected chi connectivity index (χ2v) is 6.41. The molecule has 1 N–H and O–H groups in total. The van der Waals surface area contributed by atoms with Gasteiger partial charge in [0.15, 0.2) is 5.11 Å². The standard InChI is InChI=1S/C19H20N4O3S/c1-20-19(27)22(12-13-7-9-21-10-8-13)16-11-17(24)23(18(16)25)14-3-5-15(26-2)6-4-14/h3-10,16H,11-12H2,1-2H3,(H,20,27). The number of pyridine rings is 1. The van der Waals surface area contributed by atoms with Gasteiger partial charge in [-0.1, -0.05) is 0 Å². The molecule has 1 aliphatic heterocycles. The van der Waals surface area contributed by atoms with Crippen LogP contribution in [0.2, 0.25) is 0 Å². The van der Waals surface area contributed by atoms with Gasteiger partial charge in [-0.15, -0.1) is 0 Å². The van der Waals surface area contributed by atoms with Crippen LogP contribution in [0.4, 0.5) is 5.69 Å². The van der Waals surface area contributed by atoms with Gasteiger partial charge >= 0.3 is 0 Å². The van der Waals surface area contributed by atoms with E-state index in [0.29, 0.717) is 23.1 Å². The minimum absolute atomic E-state index is 0.0672. The number of aromatic nitrogens is 1. The Morgan fingerprint density at radius 3 is 2.52 bits per heavy atom. The van der Waals surface area contributed by atoms with Crippen molar-refractivity contribution in [1.82, 2.24) is 15.2 Å². The molecular weight excluding hydrogens is 364 g/mol. The number of rotatable bonds is 5. The number of thiocarbonyl (C=S) groups is 1. The zero-order chi connectivity index (χ0) is 19.4. The molecule has 1 aromatic carbocycles. The number of nitrogens with one attached hydrogen (secondary N) is 1. The molecule has 2 heterocycles. The maximum atomic E-state index is 13.1. The Morgan fingerprint density at radius 2 is 1.93 bits per heavy atom. The minimum atomic E-state index is -0.660. The van der Waals surface area contributed by atoms with Crippen molar-refractivity contribution in [3.63, 3.8) is 0 Å². The molecule has 8 heteroatoms. The van der Waals surface area contributed by atoms with Gasteiger partial charge in [0.25, 0.3) is 5.91 Å². The number of anilines is 1. The topological polar surface area (TPSA) is 74.8 Å². The van der Waals surface area contributed by atoms with Gasteiger partial charge < -0.3 is 15.0 Å². The largest absolute Gasteiger partial charge is 0.497 e. The van der Waals surface area contributed by atoms with E-state index >= 15 is 0 Å². The van der Waals surface area contributed by atoms with Gasteiger partial charge in [0.05, 0.1) is 19.2 Å². The second-order valence-electron chi connectivity index (χ2n) is 6.02. The fourth-order valence-corrected chi connectivity index (χ4v) is 3.21. The fraction of sp³-hybridized carbons (Fsp3) is 0.263. The van der Waals surface area contributed by atoms with Crippen molar-refractivity contribution >= 4 is 34.8 Å². The van der Waals surface area contributed by atoms with Crippen molar-refractivity contribution < 1.29 is 14.3 Å². The Hall–Kier alpha value is -3.00. The highest BCUT2D eigenvalue weighted by Crippen LogP contribution is 2.28. The number of imide groups is 1. The van der Waals surface area contributed by atoms with Gasteiger partial charge in [-0.3, -0.25) is 14.6 Å². The molecule has 0 spiro atoms. The maximum Gasteiger partial charge on any atom is 0.257 e. The Bertz CT molecular complexity index is 842. The predicted octanol–water partition coefficient (Wildman–Crippen LogP) is 1.73. The molecule has 1 saturated heterocycles. The molecule has 2 aromatic rings. The molecule has 7 nitrogen and oxygen atoms in total. The molecule has 0 aliphatic carbocycles. The molecule has 0 radical (unpaired) electrons. The number of carbonyl (C=O) groups excluding carboxylic acids is 2. The van der Waals surface area contributed by atoms with E-state index in [4.69, 9.17) is 17.0 Å². The lowest BCUT2D eigenvalue weighted by Gasteiger charge is -2.29. The number of carbonyl (C=O) groups is 2. The average Bonchev–Trinajstić information content (AvgIpc) is 3.00. The van der Waals surface area contributed by atoms with Crippen LogP contribution in [0.25, 0.3) is 0 Å². The van der Waals surface area contributed by atoms with Crippen molar-refractivity contribution in [2.75, 3.05) is 19.1 Å². The van der Waals surface area contributed by atoms with Crippen LogP contribution in [0.3, 0.4) is 0 Å². The third-order valence-electron chi connectivity index (χ3n) is 4.41. The first-order chi connectivity index (χ1) is 13.0. The van der Waals surface area contributed by atoms with Crippen molar-refractivity contribution in [1.29, 1.82) is 0 Å². The average molecular weight is 384 g/mol. The third kappa shape index (κ3) is 3.90. The van der Waals surface area contributed by atoms with Crippen molar-refractivity contribution in [2.24, 2.45) is 0 Å². The van der Waals surface area contributed by atoms with E-state index in [0.717, 1.165) is 5.56 Å². The van der Waals surface area contributed by atoms with E-state index in [-0.39, 0.29) is 18.2 Å². The van der Waals surface area contributed by atoms with Gasteiger partial charge in [-0.05, 0) is 54.2 Å². The molecule has 0 bridgehead atoms. The highest BCUT2D eigenvalue weighted by molar-refractivity contribution is 7.80. The van der Waals surface area contributed by atoms with E-state index < -0.39 is 6.04 Å². The highest BCUT2D eigenvalue weighted by Gasteiger charge is 2.43. The lowest BCUT2D eigenvalue weighted by molar-refractivity contribution is -0.122. The van der Waals surface area contributed by atoms with Crippen molar-refractivity contribution in [2.45, 2.75) is 19.0 Å². The summed E-state index contributed by atoms with van der Waals surface area (Å²) in [5.74, 6) is 0.107. The Labute approximate surface area is 162 Å². The van der Waals surface area contributed by atoms with E-state index in [9.17, 15) is 9.59 Å². The Kier molecular flexibility index (Phi) is 5.66. The van der Waals surface area contributed by atoms with Gasteiger partial charge in [0.1, 0.15) is 11.8 Å². The molecule has 1 fully saturated rings. The van der Waals surface area contributed by atoms with E-state index in [1.807, 2.05) is 12.1 Å². The van der Waals surface area contributed by atoms with Crippen LogP contribution < -0.4 is 15.0 Å². The normalized spacial score (nSPS) is 16.4. The summed E-state index contributed by atoms with van der Waals surface area (Å²) in [4.78, 5) is 32.6. The van der Waals surface area contributed by atoms with Gasteiger partial charge in [0, 0.05) is 26.0 Å². The van der Waals surface area contributed by atoms with Crippen LogP contribution in [-0.4, -0.2) is 47.0 Å². The molecular formula is C19H20N4O3S. The summed E-state index contributed by atoms with van der Waals surface area (Å²) in [7, 11) is 3.26. The van der Waals surface area contributed by atoms with Crippen LogP contribution in [0.5, 0.6) is 5.75 Å². The lowest BCUT2D eigenvalue weighted by atomic mass is 10.1. The van der Waals surface area contributed by atoms with Crippen molar-refractivity contribution in [3.8, 4) is 5.75 Å². The summed E-state index contributed by atoms with van der Waals surface area (Å²) < 4.78 is 5.13. The number of ether oxygens (including phenoxy) is 1. The second kappa shape index (κ2) is 8.13. The summed E-state index contributed by atoms with van der Waals surface area (Å²) in [5.41, 5.74) is 1.47. The van der Waals surface area contributed by atoms with Crippen LogP contribution in [0, 0.1) is 0 Å². The number of benzene rings is 1. The van der Waals surface area contributed by atoms with Gasteiger partial charge in [0.2, 0.25) is 5.91 Å². The van der Waals surface area contributed by atoms with Crippen LogP contribution in [0.1, 0.15) is 12.0 Å². The molecule has 1 atom stereocenters. The van der Waals surface area contributed by atoms with Crippen molar-refractivity contribution in [3.05, 3.63) is 54.4 Å². The first kappa shape index (κ1) is 18.8. The summed E-state index contributed by atoms with van der Waals surface area (Å²) >= 11 is 5.39. The number of methoxy groups -OCH3 is 1. The summed E-state index contributed by atoms with van der Waals surface area (Å²) in [5, 5.41) is 3.32. The smallest absolute Gasteiger partial charge is 0.257 e. The molecule has 140 valence electrons. The minimum Gasteiger partial charge on any atom is -0.497 e. The molecule has 1 unspecified atom stereocenters. The first-order valence-corrected chi connectivity index (χ1v) is 8.84. The number of amides is 2. The highest BCUT2D eigenvalue weighted by atomic mass is 32.1. The van der Waals surface area contributed by atoms with E-state index in [1.165, 1.54) is 4.90 Å². The lowest BCUT2D eigenvalue weighted by Crippen LogP contribution is -2.48. The van der Waals surface area contributed by atoms with Crippen LogP contribution >= 0.6 is 12.2 Å². The maximum absolute atomic E-state index is 13.1. The van der Waals surface area contributed by atoms with E-state index in [1.54, 1.807) is 55.7 Å². The van der Waals surface area contributed by atoms with E-state index in [2.05, 4.69) is 10.3 Å². The zero-order valence-electron chi connectivity index (χ0n) is 15.1. The number of hydrogen-bond acceptors (Lipinski definition) is 5. The zero-order valence-corrected chi connectivity index (χ0v) is 15.9. The fourth-order valence-electron chi connectivity index (χ4n) is 3.01. The van der Waals surface area contributed by atoms with Gasteiger partial charge in [-0.25, -0.2) is 4.90 Å². The number of hydrogen-bond donors (Lipinski definition) is 1. The SMILES string of the molecule is CNC(=S)N(Cc1ccncc1)C1CC(=O)N(c2ccc(OC)cc2)C1=O. The first-order valence-electron chi connectivity index (χ1n) is 8.43. The molecule has 27 heavy (non-hydrogen) atoms. The van der Waals surface area contributed by atoms with Crippen LogP contribution in [0.15, 0.2) is 48.8 Å². The third-order valence-corrected chi connectivity index (χ3v) is 4.85. The summed E-state index contributed by atoms with van der Waals surface area (Å²) in [6.07, 6.45) is 3.43. The predicted molar refractivity (Wildman–Crippen MR) is 105 cm³/mol. The molecule has 2 amide bonds. The Morgan fingerprint density at radius 1 is 1.26 bits per heavy atom. The van der Waals surface area contributed by atoms with Crippen LogP contribution in [-0.2, 0) is 16.1 Å². The molecule has 3 rings (SSSR count). The molecule has 1 aliphatic rings. The monoisotopic (exact) mass is 384 g/mol. The van der Waals surface area contributed by atoms with Gasteiger partial charge in [-0.2, -0.15) is 0 Å². The quantitative estimate of drug-likeness (QED) is 0.622. The summed E-state index contributed by atoms with van der Waals surface area (Å²) in [6, 6.07) is 9.88.